The minimum Gasteiger partial charge on any atom is -0.380 e. The van der Waals surface area contributed by atoms with Crippen LogP contribution >= 0.6 is 11.3 Å². The van der Waals surface area contributed by atoms with Crippen LogP contribution in [0.3, 0.4) is 0 Å². The van der Waals surface area contributed by atoms with Crippen molar-refractivity contribution in [2.75, 3.05) is 24.0 Å². The van der Waals surface area contributed by atoms with Crippen molar-refractivity contribution in [2.45, 2.75) is 13.0 Å². The van der Waals surface area contributed by atoms with Crippen LogP contribution in [0.15, 0.2) is 57.4 Å². The molecule has 8 heteroatoms. The van der Waals surface area contributed by atoms with Gasteiger partial charge < -0.3 is 10.1 Å². The number of benzene rings is 1. The van der Waals surface area contributed by atoms with Crippen molar-refractivity contribution in [1.29, 1.82) is 0 Å². The lowest BCUT2D eigenvalue weighted by atomic mass is 9.79. The molecule has 1 aromatic heterocycles. The van der Waals surface area contributed by atoms with Crippen LogP contribution in [0.4, 0.5) is 11.4 Å². The molecule has 0 aliphatic carbocycles. The third-order valence-corrected chi connectivity index (χ3v) is 5.86. The molecule has 1 unspecified atom stereocenters. The van der Waals surface area contributed by atoms with Crippen molar-refractivity contribution in [3.63, 3.8) is 0 Å². The van der Waals surface area contributed by atoms with Crippen LogP contribution in [-0.4, -0.2) is 19.1 Å². The molecule has 1 saturated heterocycles. The maximum atomic E-state index is 12.2. The van der Waals surface area contributed by atoms with Crippen LogP contribution in [0.5, 0.6) is 0 Å². The lowest BCUT2D eigenvalue weighted by Gasteiger charge is -2.44. The number of hydrogen-bond donors (Lipinski definition) is 3. The second kappa shape index (κ2) is 7.21. The quantitative estimate of drug-likeness (QED) is 0.418. The van der Waals surface area contributed by atoms with Crippen LogP contribution in [0.25, 0.3) is 0 Å². The summed E-state index contributed by atoms with van der Waals surface area (Å²) in [6, 6.07) is 12.4. The average Bonchev–Trinajstić information content (AvgIpc) is 3.23. The lowest BCUT2D eigenvalue weighted by molar-refractivity contribution is -0.111. The largest absolute Gasteiger partial charge is 0.380 e. The van der Waals surface area contributed by atoms with Gasteiger partial charge in [0.1, 0.15) is 11.4 Å². The van der Waals surface area contributed by atoms with Gasteiger partial charge in [-0.25, -0.2) is 0 Å². The Bertz CT molecular complexity index is 1050. The summed E-state index contributed by atoms with van der Waals surface area (Å²) in [5.74, 6) is -0.395. The van der Waals surface area contributed by atoms with Gasteiger partial charge in [0.2, 0.25) is 0 Å². The number of ether oxygens (including phenoxy) is 1. The molecule has 3 aromatic rings. The number of thiophene rings is 1. The second-order valence-electron chi connectivity index (χ2n) is 7.09. The highest BCUT2D eigenvalue weighted by Crippen LogP contribution is 2.43. The van der Waals surface area contributed by atoms with E-state index in [-0.39, 0.29) is 22.8 Å². The summed E-state index contributed by atoms with van der Waals surface area (Å²) >= 11 is 1.58. The number of hydrazine groups is 1. The van der Waals surface area contributed by atoms with E-state index in [1.54, 1.807) is 41.7 Å². The Morgan fingerprint density at radius 1 is 1.07 bits per heavy atom. The van der Waals surface area contributed by atoms with E-state index in [2.05, 4.69) is 23.1 Å². The Morgan fingerprint density at radius 2 is 1.79 bits per heavy atom. The maximum absolute atomic E-state index is 12.2. The summed E-state index contributed by atoms with van der Waals surface area (Å²) in [6.07, 6.45) is 0. The molecule has 0 bridgehead atoms. The molecule has 1 aliphatic heterocycles. The average molecular weight is 397 g/mol. The van der Waals surface area contributed by atoms with Gasteiger partial charge in [0.15, 0.2) is 0 Å². The van der Waals surface area contributed by atoms with E-state index >= 15 is 0 Å². The van der Waals surface area contributed by atoms with Crippen LogP contribution in [0.1, 0.15) is 28.2 Å². The highest BCUT2D eigenvalue weighted by Gasteiger charge is 2.44. The minimum absolute atomic E-state index is 0.0691. The summed E-state index contributed by atoms with van der Waals surface area (Å²) in [7, 11) is 0. The molecule has 1 amide bonds. The molecule has 1 aliphatic rings. The summed E-state index contributed by atoms with van der Waals surface area (Å²) in [4.78, 5) is 37.4. The van der Waals surface area contributed by atoms with E-state index in [4.69, 9.17) is 4.74 Å². The summed E-state index contributed by atoms with van der Waals surface area (Å²) in [6.45, 7) is 3.20. The first kappa shape index (κ1) is 18.4. The van der Waals surface area contributed by atoms with Gasteiger partial charge >= 0.3 is 0 Å². The van der Waals surface area contributed by atoms with Crippen molar-refractivity contribution >= 4 is 28.6 Å². The van der Waals surface area contributed by atoms with E-state index in [0.717, 1.165) is 4.88 Å². The van der Waals surface area contributed by atoms with Crippen molar-refractivity contribution < 1.29 is 9.53 Å². The first-order chi connectivity index (χ1) is 13.5. The predicted octanol–water partition coefficient (Wildman–Crippen LogP) is 2.29. The third kappa shape index (κ3) is 3.21. The van der Waals surface area contributed by atoms with Crippen LogP contribution in [0, 0.1) is 5.41 Å². The van der Waals surface area contributed by atoms with Gasteiger partial charge in [-0.2, -0.15) is 0 Å². The molecule has 1 fully saturated rings. The minimum atomic E-state index is -0.657. The summed E-state index contributed by atoms with van der Waals surface area (Å²) in [5.41, 5.74) is 4.34. The van der Waals surface area contributed by atoms with E-state index < -0.39 is 16.8 Å². The van der Waals surface area contributed by atoms with Gasteiger partial charge in [0, 0.05) is 15.9 Å². The number of anilines is 2. The molecule has 0 saturated carbocycles. The second-order valence-corrected chi connectivity index (χ2v) is 8.07. The third-order valence-electron chi connectivity index (χ3n) is 4.92. The van der Waals surface area contributed by atoms with Gasteiger partial charge in [0.25, 0.3) is 16.8 Å². The van der Waals surface area contributed by atoms with Crippen molar-refractivity contribution in [1.82, 2.24) is 5.43 Å². The molecule has 3 N–H and O–H groups in total. The zero-order valence-corrected chi connectivity index (χ0v) is 16.0. The number of nitrogens with one attached hydrogen (secondary N) is 3. The molecule has 7 nitrogen and oxygen atoms in total. The first-order valence-electron chi connectivity index (χ1n) is 8.82. The number of rotatable bonds is 7. The lowest BCUT2D eigenvalue weighted by Crippen LogP contribution is -2.49. The van der Waals surface area contributed by atoms with E-state index in [1.165, 1.54) is 0 Å². The Hall–Kier alpha value is -2.97. The van der Waals surface area contributed by atoms with Crippen molar-refractivity contribution in [2.24, 2.45) is 5.41 Å². The molecular weight excluding hydrogens is 378 g/mol. The van der Waals surface area contributed by atoms with E-state index in [0.29, 0.717) is 18.8 Å². The first-order valence-corrected chi connectivity index (χ1v) is 9.70. The number of carbonyl (C=O) groups is 1. The van der Waals surface area contributed by atoms with Crippen LogP contribution in [-0.2, 0) is 4.74 Å². The topological polar surface area (TPSA) is 96.5 Å². The normalized spacial score (nSPS) is 16.2. The Morgan fingerprint density at radius 3 is 2.39 bits per heavy atom. The molecule has 0 radical (unpaired) electrons. The Balaban J connectivity index is 1.53. The molecule has 2 aromatic carbocycles. The van der Waals surface area contributed by atoms with Crippen LogP contribution < -0.4 is 27.0 Å². The molecule has 28 heavy (non-hydrogen) atoms. The fraction of sp³-hybridized carbons (Fsp3) is 0.250. The van der Waals surface area contributed by atoms with Crippen LogP contribution in [0.2, 0.25) is 0 Å². The summed E-state index contributed by atoms with van der Waals surface area (Å²) in [5, 5.41) is 5.18. The number of carbonyl (C=O) groups excluding carboxylic acids is 1. The molecule has 144 valence electrons. The van der Waals surface area contributed by atoms with E-state index in [9.17, 15) is 14.4 Å². The smallest absolute Gasteiger partial charge is 0.269 e. The summed E-state index contributed by atoms with van der Waals surface area (Å²) < 4.78 is 5.38. The Kier molecular flexibility index (Phi) is 4.74. The van der Waals surface area contributed by atoms with Gasteiger partial charge in [0.05, 0.1) is 19.3 Å². The molecular formula is C20H19N3O4S. The molecule has 4 rings (SSSR count). The molecule has 1 atom stereocenters. The van der Waals surface area contributed by atoms with Gasteiger partial charge in [-0.3, -0.25) is 25.2 Å². The van der Waals surface area contributed by atoms with Gasteiger partial charge in [-0.1, -0.05) is 31.2 Å². The van der Waals surface area contributed by atoms with Crippen molar-refractivity contribution in [3.8, 4) is 0 Å². The monoisotopic (exact) mass is 397 g/mol. The van der Waals surface area contributed by atoms with Gasteiger partial charge in [-0.15, -0.1) is 11.3 Å². The fourth-order valence-electron chi connectivity index (χ4n) is 3.21. The number of amides is 1. The Labute approximate surface area is 165 Å². The van der Waals surface area contributed by atoms with Gasteiger partial charge in [-0.05, 0) is 23.6 Å². The van der Waals surface area contributed by atoms with Crippen molar-refractivity contribution in [3.05, 3.63) is 78.7 Å². The van der Waals surface area contributed by atoms with E-state index in [1.807, 2.05) is 17.5 Å². The highest BCUT2D eigenvalue weighted by atomic mass is 32.1. The fourth-order valence-corrected chi connectivity index (χ4v) is 4.16. The number of hydrogen-bond acceptors (Lipinski definition) is 7. The highest BCUT2D eigenvalue weighted by molar-refractivity contribution is 7.10. The maximum Gasteiger partial charge on any atom is 0.269 e. The molecule has 0 spiro atoms. The SMILES string of the molecule is CC1(C(Nc2c(NNC(=O)c3ccccc3)c(=O)c2=O)c2cccs2)COC1. The molecule has 2 heterocycles. The standard InChI is InChI=1S/C20H19N3O4S/c1-20(10-27-11-20)18(13-8-5-9-28-13)21-14-15(17(25)16(14)24)22-23-19(26)12-6-3-2-4-7-12/h2-9,18,21-22H,10-11H2,1H3,(H,23,26). The zero-order chi connectivity index (χ0) is 19.7. The zero-order valence-electron chi connectivity index (χ0n) is 15.2. The predicted molar refractivity (Wildman–Crippen MR) is 108 cm³/mol.